The molecule has 0 aliphatic heterocycles. The maximum Gasteiger partial charge on any atom is 0.228 e. The standard InChI is InChI=1S/C13H18N2O2.ClH/c1-13(2)7-9(13)12(16)15-11-6-8(17-3)4-5-10(11)14;/h4-6,9H,7,14H2,1-3H3,(H,15,16);1H. The summed E-state index contributed by atoms with van der Waals surface area (Å²) in [7, 11) is 1.58. The molecule has 5 heteroatoms. The first kappa shape index (κ1) is 14.6. The third-order valence-electron chi connectivity index (χ3n) is 3.35. The molecule has 3 N–H and O–H groups in total. The van der Waals surface area contributed by atoms with Gasteiger partial charge < -0.3 is 15.8 Å². The predicted molar refractivity (Wildman–Crippen MR) is 75.2 cm³/mol. The molecule has 2 rings (SSSR count). The Labute approximate surface area is 113 Å². The van der Waals surface area contributed by atoms with Crippen molar-refractivity contribution in [1.82, 2.24) is 0 Å². The van der Waals surface area contributed by atoms with E-state index in [1.165, 1.54) is 0 Å². The highest BCUT2D eigenvalue weighted by Crippen LogP contribution is 2.52. The molecule has 0 bridgehead atoms. The largest absolute Gasteiger partial charge is 0.497 e. The van der Waals surface area contributed by atoms with Crippen molar-refractivity contribution in [2.75, 3.05) is 18.2 Å². The van der Waals surface area contributed by atoms with Gasteiger partial charge in [-0.05, 0) is 24.0 Å². The summed E-state index contributed by atoms with van der Waals surface area (Å²) < 4.78 is 5.10. The van der Waals surface area contributed by atoms with Crippen LogP contribution in [-0.4, -0.2) is 13.0 Å². The lowest BCUT2D eigenvalue weighted by Gasteiger charge is -2.10. The highest BCUT2D eigenvalue weighted by atomic mass is 35.5. The van der Waals surface area contributed by atoms with Gasteiger partial charge in [0.15, 0.2) is 0 Å². The zero-order valence-corrected chi connectivity index (χ0v) is 11.6. The number of nitrogens with one attached hydrogen (secondary N) is 1. The van der Waals surface area contributed by atoms with Crippen LogP contribution in [0.25, 0.3) is 0 Å². The van der Waals surface area contributed by atoms with E-state index in [2.05, 4.69) is 19.2 Å². The van der Waals surface area contributed by atoms with Gasteiger partial charge in [-0.25, -0.2) is 0 Å². The van der Waals surface area contributed by atoms with Crippen molar-refractivity contribution >= 4 is 29.7 Å². The minimum Gasteiger partial charge on any atom is -0.497 e. The van der Waals surface area contributed by atoms with Gasteiger partial charge in [-0.3, -0.25) is 4.79 Å². The molecule has 4 nitrogen and oxygen atoms in total. The molecular formula is C13H19ClN2O2. The van der Waals surface area contributed by atoms with Gasteiger partial charge in [0.25, 0.3) is 0 Å². The summed E-state index contributed by atoms with van der Waals surface area (Å²) in [5, 5.41) is 2.86. The Morgan fingerprint density at radius 2 is 2.11 bits per heavy atom. The molecule has 18 heavy (non-hydrogen) atoms. The summed E-state index contributed by atoms with van der Waals surface area (Å²) in [6.07, 6.45) is 0.933. The third kappa shape index (κ3) is 2.88. The second-order valence-corrected chi connectivity index (χ2v) is 5.19. The zero-order chi connectivity index (χ0) is 12.6. The fraction of sp³-hybridized carbons (Fsp3) is 0.462. The highest BCUT2D eigenvalue weighted by Gasteiger charge is 2.50. The second kappa shape index (κ2) is 5.06. The van der Waals surface area contributed by atoms with Crippen LogP contribution in [-0.2, 0) is 4.79 Å². The first-order chi connectivity index (χ1) is 7.94. The number of methoxy groups -OCH3 is 1. The maximum absolute atomic E-state index is 11.9. The molecule has 1 aromatic rings. The minimum atomic E-state index is 0. The number of carbonyl (C=O) groups excluding carboxylic acids is 1. The summed E-state index contributed by atoms with van der Waals surface area (Å²) in [4.78, 5) is 11.9. The van der Waals surface area contributed by atoms with Crippen molar-refractivity contribution in [2.24, 2.45) is 11.3 Å². The van der Waals surface area contributed by atoms with E-state index in [1.807, 2.05) is 0 Å². The van der Waals surface area contributed by atoms with E-state index < -0.39 is 0 Å². The Kier molecular flexibility index (Phi) is 4.12. The molecule has 0 aromatic heterocycles. The lowest BCUT2D eigenvalue weighted by atomic mass is 10.1. The second-order valence-electron chi connectivity index (χ2n) is 5.19. The van der Waals surface area contributed by atoms with E-state index in [-0.39, 0.29) is 29.6 Å². The predicted octanol–water partition coefficient (Wildman–Crippen LogP) is 2.68. The van der Waals surface area contributed by atoms with Gasteiger partial charge >= 0.3 is 0 Å². The van der Waals surface area contributed by atoms with Crippen molar-refractivity contribution in [3.05, 3.63) is 18.2 Å². The normalized spacial score (nSPS) is 19.6. The van der Waals surface area contributed by atoms with E-state index in [0.29, 0.717) is 17.1 Å². The van der Waals surface area contributed by atoms with Gasteiger partial charge in [0.05, 0.1) is 18.5 Å². The van der Waals surface area contributed by atoms with Gasteiger partial charge in [-0.15, -0.1) is 12.4 Å². The number of benzene rings is 1. The molecule has 0 saturated heterocycles. The van der Waals surface area contributed by atoms with E-state index in [1.54, 1.807) is 25.3 Å². The molecule has 1 atom stereocenters. The minimum absolute atomic E-state index is 0. The molecule has 100 valence electrons. The van der Waals surface area contributed by atoms with Crippen LogP contribution in [0.1, 0.15) is 20.3 Å². The first-order valence-electron chi connectivity index (χ1n) is 5.68. The van der Waals surface area contributed by atoms with Crippen LogP contribution in [0.4, 0.5) is 11.4 Å². The Morgan fingerprint density at radius 1 is 1.50 bits per heavy atom. The molecule has 1 fully saturated rings. The summed E-state index contributed by atoms with van der Waals surface area (Å²) >= 11 is 0. The van der Waals surface area contributed by atoms with Crippen LogP contribution in [0, 0.1) is 11.3 Å². The smallest absolute Gasteiger partial charge is 0.228 e. The van der Waals surface area contributed by atoms with Crippen molar-refractivity contribution in [2.45, 2.75) is 20.3 Å². The monoisotopic (exact) mass is 270 g/mol. The number of hydrogen-bond acceptors (Lipinski definition) is 3. The number of hydrogen-bond donors (Lipinski definition) is 2. The summed E-state index contributed by atoms with van der Waals surface area (Å²) in [6, 6.07) is 5.24. The van der Waals surface area contributed by atoms with E-state index in [9.17, 15) is 4.79 Å². The van der Waals surface area contributed by atoms with E-state index in [4.69, 9.17) is 10.5 Å². The third-order valence-corrected chi connectivity index (χ3v) is 3.35. The zero-order valence-electron chi connectivity index (χ0n) is 10.8. The SMILES string of the molecule is COc1ccc(N)c(NC(=O)C2CC2(C)C)c1.Cl. The molecule has 1 unspecified atom stereocenters. The van der Waals surface area contributed by atoms with Crippen LogP contribution in [0.2, 0.25) is 0 Å². The van der Waals surface area contributed by atoms with Gasteiger partial charge in [0.2, 0.25) is 5.91 Å². The molecule has 1 aliphatic rings. The molecule has 1 saturated carbocycles. The van der Waals surface area contributed by atoms with E-state index >= 15 is 0 Å². The van der Waals surface area contributed by atoms with Gasteiger partial charge in [0, 0.05) is 12.0 Å². The van der Waals surface area contributed by atoms with Gasteiger partial charge in [-0.2, -0.15) is 0 Å². The van der Waals surface area contributed by atoms with Crippen LogP contribution < -0.4 is 15.8 Å². The first-order valence-corrected chi connectivity index (χ1v) is 5.68. The lowest BCUT2D eigenvalue weighted by Crippen LogP contribution is -2.17. The van der Waals surface area contributed by atoms with Crippen molar-refractivity contribution < 1.29 is 9.53 Å². The quantitative estimate of drug-likeness (QED) is 0.830. The van der Waals surface area contributed by atoms with Gasteiger partial charge in [-0.1, -0.05) is 13.8 Å². The van der Waals surface area contributed by atoms with Crippen LogP contribution >= 0.6 is 12.4 Å². The van der Waals surface area contributed by atoms with Crippen LogP contribution in [0.15, 0.2) is 18.2 Å². The molecule has 0 heterocycles. The maximum atomic E-state index is 11.9. The molecular weight excluding hydrogens is 252 g/mol. The number of halogens is 1. The number of nitrogen functional groups attached to an aromatic ring is 1. The number of rotatable bonds is 3. The summed E-state index contributed by atoms with van der Waals surface area (Å²) in [5.74, 6) is 0.813. The fourth-order valence-electron chi connectivity index (χ4n) is 1.91. The number of amides is 1. The lowest BCUT2D eigenvalue weighted by molar-refractivity contribution is -0.117. The average molecular weight is 271 g/mol. The average Bonchev–Trinajstić information content (AvgIpc) is 2.91. The number of carbonyl (C=O) groups is 1. The number of ether oxygens (including phenoxy) is 1. The molecule has 0 spiro atoms. The highest BCUT2D eigenvalue weighted by molar-refractivity contribution is 5.97. The van der Waals surface area contributed by atoms with Crippen molar-refractivity contribution in [3.8, 4) is 5.75 Å². The Balaban J connectivity index is 0.00000162. The molecule has 1 aliphatic carbocycles. The molecule has 1 amide bonds. The number of anilines is 2. The summed E-state index contributed by atoms with van der Waals surface area (Å²) in [5.41, 5.74) is 7.11. The Morgan fingerprint density at radius 3 is 2.61 bits per heavy atom. The van der Waals surface area contributed by atoms with Crippen molar-refractivity contribution in [1.29, 1.82) is 0 Å². The van der Waals surface area contributed by atoms with Crippen molar-refractivity contribution in [3.63, 3.8) is 0 Å². The van der Waals surface area contributed by atoms with E-state index in [0.717, 1.165) is 6.42 Å². The van der Waals surface area contributed by atoms with Gasteiger partial charge in [0.1, 0.15) is 5.75 Å². The Hall–Kier alpha value is -1.42. The molecule has 1 aromatic carbocycles. The van der Waals surface area contributed by atoms with Crippen LogP contribution in [0.3, 0.4) is 0 Å². The Bertz CT molecular complexity index is 460. The fourth-order valence-corrected chi connectivity index (χ4v) is 1.91. The van der Waals surface area contributed by atoms with Crippen LogP contribution in [0.5, 0.6) is 5.75 Å². The summed E-state index contributed by atoms with van der Waals surface area (Å²) in [6.45, 7) is 4.18. The molecule has 0 radical (unpaired) electrons. The topological polar surface area (TPSA) is 64.3 Å². The number of nitrogens with two attached hydrogens (primary N) is 1.